The number of fused-ring (bicyclic) bond motifs is 1. The van der Waals surface area contributed by atoms with Crippen molar-refractivity contribution >= 4 is 34.2 Å². The fraction of sp³-hybridized carbons (Fsp3) is 0.241. The summed E-state index contributed by atoms with van der Waals surface area (Å²) in [6.45, 7) is 5.08. The van der Waals surface area contributed by atoms with Crippen LogP contribution in [0, 0.1) is 11.2 Å². The second-order valence-electron chi connectivity index (χ2n) is 10.1. The number of aromatic nitrogens is 2. The first-order chi connectivity index (χ1) is 18.8. The molecule has 0 fully saturated rings. The Hall–Kier alpha value is -4.54. The first-order valence-electron chi connectivity index (χ1n) is 12.3. The highest BCUT2D eigenvalue weighted by Gasteiger charge is 2.35. The van der Waals surface area contributed by atoms with Crippen molar-refractivity contribution in [1.29, 1.82) is 0 Å². The molecule has 11 heteroatoms. The maximum absolute atomic E-state index is 14.4. The van der Waals surface area contributed by atoms with Gasteiger partial charge in [-0.1, -0.05) is 39.0 Å². The highest BCUT2D eigenvalue weighted by atomic mass is 19.4. The highest BCUT2D eigenvalue weighted by molar-refractivity contribution is 6.06. The normalized spacial score (nSPS) is 11.8. The minimum absolute atomic E-state index is 0.0486. The van der Waals surface area contributed by atoms with Crippen LogP contribution in [-0.4, -0.2) is 28.8 Å². The molecular formula is C29H27F4N5O2. The third kappa shape index (κ3) is 6.19. The van der Waals surface area contributed by atoms with Gasteiger partial charge in [0.05, 0.1) is 22.2 Å². The molecule has 4 rings (SSSR count). The van der Waals surface area contributed by atoms with Gasteiger partial charge in [-0.2, -0.15) is 13.2 Å². The Bertz CT molecular complexity index is 1600. The van der Waals surface area contributed by atoms with Crippen LogP contribution in [0.4, 0.5) is 29.1 Å². The third-order valence-corrected chi connectivity index (χ3v) is 6.07. The number of nitrogens with one attached hydrogen (secondary N) is 3. The van der Waals surface area contributed by atoms with E-state index in [9.17, 15) is 27.2 Å². The summed E-state index contributed by atoms with van der Waals surface area (Å²) in [5, 5.41) is 8.67. The van der Waals surface area contributed by atoms with E-state index in [2.05, 4.69) is 25.9 Å². The van der Waals surface area contributed by atoms with Gasteiger partial charge in [0.2, 0.25) is 5.91 Å². The smallest absolute Gasteiger partial charge is 0.373 e. The number of alkyl halides is 3. The van der Waals surface area contributed by atoms with E-state index in [-0.39, 0.29) is 29.5 Å². The SMILES string of the molecule is CNc1nc(-c2ccccc2F)nc2cc(NC(=O)c3cc(CNC(=O)C(C)(C)C)ccc3C(F)(F)F)ccc12. The van der Waals surface area contributed by atoms with Gasteiger partial charge in [0.25, 0.3) is 5.91 Å². The lowest BCUT2D eigenvalue weighted by Gasteiger charge is -2.19. The second-order valence-corrected chi connectivity index (χ2v) is 10.1. The predicted octanol–water partition coefficient (Wildman–Crippen LogP) is 6.41. The van der Waals surface area contributed by atoms with E-state index in [1.165, 1.54) is 36.4 Å². The Kier molecular flexibility index (Phi) is 7.77. The van der Waals surface area contributed by atoms with E-state index in [0.717, 1.165) is 12.1 Å². The van der Waals surface area contributed by atoms with Crippen molar-refractivity contribution in [3.8, 4) is 11.4 Å². The molecular weight excluding hydrogens is 526 g/mol. The van der Waals surface area contributed by atoms with Crippen LogP contribution in [0.15, 0.2) is 60.7 Å². The molecule has 0 bridgehead atoms. The zero-order valence-electron chi connectivity index (χ0n) is 22.2. The van der Waals surface area contributed by atoms with E-state index in [1.54, 1.807) is 40.0 Å². The summed E-state index contributed by atoms with van der Waals surface area (Å²) in [7, 11) is 1.64. The Morgan fingerprint density at radius 3 is 2.30 bits per heavy atom. The van der Waals surface area contributed by atoms with Crippen LogP contribution >= 0.6 is 0 Å². The Morgan fingerprint density at radius 2 is 1.65 bits per heavy atom. The molecule has 0 aliphatic carbocycles. The number of hydrogen-bond donors (Lipinski definition) is 3. The summed E-state index contributed by atoms with van der Waals surface area (Å²) < 4.78 is 55.7. The molecule has 0 saturated heterocycles. The number of hydrogen-bond acceptors (Lipinski definition) is 5. The predicted molar refractivity (Wildman–Crippen MR) is 145 cm³/mol. The Labute approximate surface area is 228 Å². The van der Waals surface area contributed by atoms with Crippen molar-refractivity contribution in [2.45, 2.75) is 33.5 Å². The van der Waals surface area contributed by atoms with E-state index >= 15 is 0 Å². The maximum atomic E-state index is 14.4. The van der Waals surface area contributed by atoms with Crippen LogP contribution in [0.5, 0.6) is 0 Å². The fourth-order valence-corrected chi connectivity index (χ4v) is 3.94. The molecule has 7 nitrogen and oxygen atoms in total. The molecule has 1 heterocycles. The molecule has 3 N–H and O–H groups in total. The summed E-state index contributed by atoms with van der Waals surface area (Å²) in [4.78, 5) is 34.1. The minimum Gasteiger partial charge on any atom is -0.373 e. The van der Waals surface area contributed by atoms with Gasteiger partial charge in [0, 0.05) is 30.1 Å². The summed E-state index contributed by atoms with van der Waals surface area (Å²) in [5.74, 6) is -1.29. The van der Waals surface area contributed by atoms with Gasteiger partial charge in [0.15, 0.2) is 5.82 Å². The molecule has 208 valence electrons. The van der Waals surface area contributed by atoms with Gasteiger partial charge in [-0.15, -0.1) is 0 Å². The standard InChI is InChI=1S/C29H27F4N5O2/c1-28(2,3)27(40)35-15-16-9-12-21(29(31,32)33)20(13-16)26(39)36-17-10-11-19-23(14-17)37-25(38-24(19)34-4)18-7-5-6-8-22(18)30/h5-14H,15H2,1-4H3,(H,35,40)(H,36,39)(H,34,37,38). The summed E-state index contributed by atoms with van der Waals surface area (Å²) in [5.41, 5.74) is -1.39. The van der Waals surface area contributed by atoms with Crippen LogP contribution in [0.2, 0.25) is 0 Å². The Balaban J connectivity index is 1.68. The summed E-state index contributed by atoms with van der Waals surface area (Å²) in [6, 6.07) is 13.7. The van der Waals surface area contributed by atoms with Crippen LogP contribution in [0.3, 0.4) is 0 Å². The van der Waals surface area contributed by atoms with Gasteiger partial charge in [-0.05, 0) is 48.0 Å². The minimum atomic E-state index is -4.78. The first-order valence-corrected chi connectivity index (χ1v) is 12.3. The zero-order valence-corrected chi connectivity index (χ0v) is 22.2. The number of halogens is 4. The summed E-state index contributed by atoms with van der Waals surface area (Å²) in [6.07, 6.45) is -4.78. The monoisotopic (exact) mass is 553 g/mol. The number of rotatable bonds is 6. The van der Waals surface area contributed by atoms with Crippen molar-refractivity contribution in [1.82, 2.24) is 15.3 Å². The molecule has 0 spiro atoms. The van der Waals surface area contributed by atoms with Crippen LogP contribution in [-0.2, 0) is 17.5 Å². The lowest BCUT2D eigenvalue weighted by molar-refractivity contribution is -0.138. The van der Waals surface area contributed by atoms with Crippen molar-refractivity contribution in [3.63, 3.8) is 0 Å². The maximum Gasteiger partial charge on any atom is 0.417 e. The molecule has 0 radical (unpaired) electrons. The topological polar surface area (TPSA) is 96.0 Å². The molecule has 0 aliphatic heterocycles. The quantitative estimate of drug-likeness (QED) is 0.240. The van der Waals surface area contributed by atoms with Crippen molar-refractivity contribution in [3.05, 3.63) is 83.2 Å². The molecule has 0 atom stereocenters. The van der Waals surface area contributed by atoms with E-state index < -0.39 is 34.4 Å². The molecule has 3 aromatic carbocycles. The molecule has 0 saturated carbocycles. The average molecular weight is 554 g/mol. The zero-order chi connectivity index (χ0) is 29.2. The van der Waals surface area contributed by atoms with Gasteiger partial charge >= 0.3 is 6.18 Å². The van der Waals surface area contributed by atoms with Gasteiger partial charge in [0.1, 0.15) is 11.6 Å². The number of carbonyl (C=O) groups excluding carboxylic acids is 2. The van der Waals surface area contributed by atoms with E-state index in [0.29, 0.717) is 22.3 Å². The molecule has 2 amide bonds. The average Bonchev–Trinajstić information content (AvgIpc) is 2.89. The third-order valence-electron chi connectivity index (χ3n) is 6.07. The molecule has 40 heavy (non-hydrogen) atoms. The van der Waals surface area contributed by atoms with Crippen molar-refractivity contribution < 1.29 is 27.2 Å². The molecule has 1 aromatic heterocycles. The van der Waals surface area contributed by atoms with Crippen LogP contribution < -0.4 is 16.0 Å². The highest BCUT2D eigenvalue weighted by Crippen LogP contribution is 2.34. The molecule has 0 unspecified atom stereocenters. The first kappa shape index (κ1) is 28.5. The fourth-order valence-electron chi connectivity index (χ4n) is 3.94. The number of nitrogens with zero attached hydrogens (tertiary/aromatic N) is 2. The van der Waals surface area contributed by atoms with Gasteiger partial charge < -0.3 is 16.0 Å². The number of amides is 2. The number of benzene rings is 3. The number of anilines is 2. The second kappa shape index (κ2) is 10.9. The van der Waals surface area contributed by atoms with Crippen LogP contribution in [0.1, 0.15) is 42.3 Å². The summed E-state index contributed by atoms with van der Waals surface area (Å²) >= 11 is 0. The lowest BCUT2D eigenvalue weighted by Crippen LogP contribution is -2.34. The number of carbonyl (C=O) groups is 2. The van der Waals surface area contributed by atoms with E-state index in [1.807, 2.05) is 0 Å². The molecule has 0 aliphatic rings. The largest absolute Gasteiger partial charge is 0.417 e. The van der Waals surface area contributed by atoms with Crippen molar-refractivity contribution in [2.75, 3.05) is 17.7 Å². The Morgan fingerprint density at radius 1 is 0.925 bits per heavy atom. The van der Waals surface area contributed by atoms with Gasteiger partial charge in [-0.25, -0.2) is 14.4 Å². The van der Waals surface area contributed by atoms with E-state index in [4.69, 9.17) is 0 Å². The van der Waals surface area contributed by atoms with Gasteiger partial charge in [-0.3, -0.25) is 9.59 Å². The molecule has 4 aromatic rings. The van der Waals surface area contributed by atoms with Crippen LogP contribution in [0.25, 0.3) is 22.3 Å². The van der Waals surface area contributed by atoms with Crippen molar-refractivity contribution in [2.24, 2.45) is 5.41 Å². The lowest BCUT2D eigenvalue weighted by atomic mass is 9.95.